The van der Waals surface area contributed by atoms with Crippen molar-refractivity contribution in [3.8, 4) is 17.3 Å². The Morgan fingerprint density at radius 1 is 1.26 bits per heavy atom. The first-order chi connectivity index (χ1) is 11.1. The van der Waals surface area contributed by atoms with Gasteiger partial charge in [0.05, 0.1) is 17.7 Å². The Hall–Kier alpha value is -2.54. The molecule has 1 amide bonds. The van der Waals surface area contributed by atoms with E-state index in [4.69, 9.17) is 10.2 Å². The minimum Gasteiger partial charge on any atom is -0.461 e. The largest absolute Gasteiger partial charge is 0.461 e. The van der Waals surface area contributed by atoms with Crippen LogP contribution in [0.15, 0.2) is 46.2 Å². The second-order valence-electron chi connectivity index (χ2n) is 5.09. The standard InChI is InChI=1S/C16H16N4O2S/c1-10-5-3-6-12(11(10)2)20-15(13-7-4-8-22-13)18-19-16(20)23-9-14(17)21/h3-8H,9H2,1-2H3,(H2,17,21). The van der Waals surface area contributed by atoms with Crippen molar-refractivity contribution in [2.75, 3.05) is 5.75 Å². The summed E-state index contributed by atoms with van der Waals surface area (Å²) in [5, 5.41) is 9.03. The fraction of sp³-hybridized carbons (Fsp3) is 0.188. The van der Waals surface area contributed by atoms with Gasteiger partial charge in [-0.05, 0) is 43.2 Å². The molecule has 0 saturated heterocycles. The zero-order valence-corrected chi connectivity index (χ0v) is 13.6. The molecule has 0 unspecified atom stereocenters. The van der Waals surface area contributed by atoms with Crippen LogP contribution < -0.4 is 5.73 Å². The maximum Gasteiger partial charge on any atom is 0.227 e. The van der Waals surface area contributed by atoms with Crippen molar-refractivity contribution in [1.29, 1.82) is 0 Å². The third kappa shape index (κ3) is 3.00. The van der Waals surface area contributed by atoms with Crippen molar-refractivity contribution in [3.05, 3.63) is 47.7 Å². The van der Waals surface area contributed by atoms with E-state index in [1.807, 2.05) is 42.7 Å². The first kappa shape index (κ1) is 15.4. The summed E-state index contributed by atoms with van der Waals surface area (Å²) in [6.45, 7) is 4.09. The van der Waals surface area contributed by atoms with Crippen molar-refractivity contribution >= 4 is 17.7 Å². The molecular weight excluding hydrogens is 312 g/mol. The minimum atomic E-state index is -0.398. The molecule has 2 aromatic heterocycles. The van der Waals surface area contributed by atoms with E-state index in [2.05, 4.69) is 10.2 Å². The Bertz CT molecular complexity index is 840. The fourth-order valence-corrected chi connectivity index (χ4v) is 2.94. The maximum absolute atomic E-state index is 11.1. The topological polar surface area (TPSA) is 86.9 Å². The number of furan rings is 1. The van der Waals surface area contributed by atoms with Crippen LogP contribution >= 0.6 is 11.8 Å². The lowest BCUT2D eigenvalue weighted by atomic mass is 10.1. The van der Waals surface area contributed by atoms with Crippen LogP contribution in [0.5, 0.6) is 0 Å². The normalized spacial score (nSPS) is 10.9. The number of nitrogens with two attached hydrogens (primary N) is 1. The van der Waals surface area contributed by atoms with Gasteiger partial charge in [0, 0.05) is 0 Å². The molecule has 0 aliphatic carbocycles. The monoisotopic (exact) mass is 328 g/mol. The number of hydrogen-bond donors (Lipinski definition) is 1. The molecule has 7 heteroatoms. The maximum atomic E-state index is 11.1. The van der Waals surface area contributed by atoms with Gasteiger partial charge < -0.3 is 10.2 Å². The first-order valence-corrected chi connectivity index (χ1v) is 8.03. The Kier molecular flexibility index (Phi) is 4.20. The van der Waals surface area contributed by atoms with Gasteiger partial charge in [-0.2, -0.15) is 0 Å². The van der Waals surface area contributed by atoms with Crippen molar-refractivity contribution in [2.24, 2.45) is 5.73 Å². The summed E-state index contributed by atoms with van der Waals surface area (Å²) in [5.74, 6) is 0.950. The van der Waals surface area contributed by atoms with E-state index in [1.54, 1.807) is 12.3 Å². The van der Waals surface area contributed by atoms with Gasteiger partial charge in [0.15, 0.2) is 10.9 Å². The predicted octanol–water partition coefficient (Wildman–Crippen LogP) is 2.72. The zero-order chi connectivity index (χ0) is 16.4. The van der Waals surface area contributed by atoms with E-state index in [1.165, 1.54) is 11.8 Å². The van der Waals surface area contributed by atoms with Crippen LogP contribution in [0.25, 0.3) is 17.3 Å². The Morgan fingerprint density at radius 3 is 2.78 bits per heavy atom. The Labute approximate surface area is 137 Å². The summed E-state index contributed by atoms with van der Waals surface area (Å²) in [4.78, 5) is 11.1. The molecule has 0 saturated carbocycles. The molecule has 2 N–H and O–H groups in total. The summed E-state index contributed by atoms with van der Waals surface area (Å²) in [5.41, 5.74) is 8.47. The molecule has 0 radical (unpaired) electrons. The van der Waals surface area contributed by atoms with Gasteiger partial charge in [-0.3, -0.25) is 9.36 Å². The van der Waals surface area contributed by atoms with E-state index >= 15 is 0 Å². The highest BCUT2D eigenvalue weighted by Gasteiger charge is 2.20. The Morgan fingerprint density at radius 2 is 2.09 bits per heavy atom. The molecule has 1 aromatic carbocycles. The molecule has 0 fully saturated rings. The average molecular weight is 328 g/mol. The average Bonchev–Trinajstić information content (AvgIpc) is 3.16. The highest BCUT2D eigenvalue weighted by molar-refractivity contribution is 7.99. The summed E-state index contributed by atoms with van der Waals surface area (Å²) < 4.78 is 7.36. The van der Waals surface area contributed by atoms with Gasteiger partial charge in [-0.1, -0.05) is 23.9 Å². The van der Waals surface area contributed by atoms with Crippen LogP contribution in [0.1, 0.15) is 11.1 Å². The second kappa shape index (κ2) is 6.29. The van der Waals surface area contributed by atoms with E-state index in [0.29, 0.717) is 16.7 Å². The number of rotatable bonds is 5. The zero-order valence-electron chi connectivity index (χ0n) is 12.8. The van der Waals surface area contributed by atoms with Crippen molar-refractivity contribution in [3.63, 3.8) is 0 Å². The smallest absolute Gasteiger partial charge is 0.227 e. The number of thioether (sulfide) groups is 1. The SMILES string of the molecule is Cc1cccc(-n2c(SCC(N)=O)nnc2-c2ccco2)c1C. The number of aryl methyl sites for hydroxylation is 1. The third-order valence-electron chi connectivity index (χ3n) is 3.54. The fourth-order valence-electron chi connectivity index (χ4n) is 2.26. The summed E-state index contributed by atoms with van der Waals surface area (Å²) in [7, 11) is 0. The van der Waals surface area contributed by atoms with E-state index < -0.39 is 5.91 Å². The van der Waals surface area contributed by atoms with Crippen molar-refractivity contribution in [1.82, 2.24) is 14.8 Å². The molecule has 0 aliphatic rings. The van der Waals surface area contributed by atoms with Crippen LogP contribution in [0.4, 0.5) is 0 Å². The molecule has 118 valence electrons. The van der Waals surface area contributed by atoms with Crippen molar-refractivity contribution < 1.29 is 9.21 Å². The third-order valence-corrected chi connectivity index (χ3v) is 4.49. The van der Waals surface area contributed by atoms with E-state index in [9.17, 15) is 4.79 Å². The summed E-state index contributed by atoms with van der Waals surface area (Å²) >= 11 is 1.26. The lowest BCUT2D eigenvalue weighted by molar-refractivity contribution is -0.115. The molecule has 3 rings (SSSR count). The van der Waals surface area contributed by atoms with Crippen LogP contribution in [0.3, 0.4) is 0 Å². The molecule has 23 heavy (non-hydrogen) atoms. The molecule has 0 spiro atoms. The lowest BCUT2D eigenvalue weighted by Crippen LogP contribution is -2.14. The molecule has 0 bridgehead atoms. The van der Waals surface area contributed by atoms with E-state index in [-0.39, 0.29) is 5.75 Å². The van der Waals surface area contributed by atoms with Gasteiger partial charge in [-0.15, -0.1) is 10.2 Å². The predicted molar refractivity (Wildman–Crippen MR) is 88.5 cm³/mol. The van der Waals surface area contributed by atoms with Crippen LogP contribution in [0.2, 0.25) is 0 Å². The number of nitrogens with zero attached hydrogens (tertiary/aromatic N) is 3. The number of hydrogen-bond acceptors (Lipinski definition) is 5. The van der Waals surface area contributed by atoms with Gasteiger partial charge in [0.25, 0.3) is 0 Å². The molecule has 3 aromatic rings. The molecule has 6 nitrogen and oxygen atoms in total. The number of benzene rings is 1. The summed E-state index contributed by atoms with van der Waals surface area (Å²) in [6, 6.07) is 9.65. The quantitative estimate of drug-likeness (QED) is 0.728. The highest BCUT2D eigenvalue weighted by Crippen LogP contribution is 2.30. The van der Waals surface area contributed by atoms with Gasteiger partial charge in [-0.25, -0.2) is 0 Å². The van der Waals surface area contributed by atoms with E-state index in [0.717, 1.165) is 16.8 Å². The summed E-state index contributed by atoms with van der Waals surface area (Å²) in [6.07, 6.45) is 1.59. The highest BCUT2D eigenvalue weighted by atomic mass is 32.2. The van der Waals surface area contributed by atoms with Gasteiger partial charge in [0.1, 0.15) is 0 Å². The van der Waals surface area contributed by atoms with Gasteiger partial charge >= 0.3 is 0 Å². The number of carbonyl (C=O) groups is 1. The molecule has 0 atom stereocenters. The Balaban J connectivity index is 2.16. The number of aromatic nitrogens is 3. The van der Waals surface area contributed by atoms with Crippen LogP contribution in [-0.2, 0) is 4.79 Å². The number of primary amides is 1. The van der Waals surface area contributed by atoms with Gasteiger partial charge in [0.2, 0.25) is 11.7 Å². The van der Waals surface area contributed by atoms with Crippen molar-refractivity contribution in [2.45, 2.75) is 19.0 Å². The molecule has 2 heterocycles. The minimum absolute atomic E-state index is 0.140. The van der Waals surface area contributed by atoms with Crippen LogP contribution in [0, 0.1) is 13.8 Å². The lowest BCUT2D eigenvalue weighted by Gasteiger charge is -2.13. The van der Waals surface area contributed by atoms with Crippen LogP contribution in [-0.4, -0.2) is 26.4 Å². The molecular formula is C16H16N4O2S. The number of amides is 1. The molecule has 0 aliphatic heterocycles. The second-order valence-corrected chi connectivity index (χ2v) is 6.04. The first-order valence-electron chi connectivity index (χ1n) is 7.05. The number of carbonyl (C=O) groups excluding carboxylic acids is 1.